The summed E-state index contributed by atoms with van der Waals surface area (Å²) in [5, 5.41) is 0. The minimum Gasteiger partial charge on any atom is -0.492 e. The van der Waals surface area contributed by atoms with E-state index in [2.05, 4.69) is 22.3 Å². The quantitative estimate of drug-likeness (QED) is 0.602. The van der Waals surface area contributed by atoms with Crippen LogP contribution < -0.4 is 16.0 Å². The molecule has 3 N–H and O–H groups in total. The minimum absolute atomic E-state index is 0.195. The van der Waals surface area contributed by atoms with Crippen molar-refractivity contribution in [3.8, 4) is 5.75 Å². The molecule has 0 saturated heterocycles. The molecular weight excluding hydrogens is 242 g/mol. The van der Waals surface area contributed by atoms with E-state index in [-0.39, 0.29) is 6.04 Å². The van der Waals surface area contributed by atoms with Crippen LogP contribution in [0.3, 0.4) is 0 Å². The zero-order valence-corrected chi connectivity index (χ0v) is 11.2. The molecule has 0 bridgehead atoms. The number of hydrazine groups is 1. The molecule has 2 aromatic rings. The van der Waals surface area contributed by atoms with E-state index in [0.717, 1.165) is 23.4 Å². The Bertz CT molecular complexity index is 525. The summed E-state index contributed by atoms with van der Waals surface area (Å²) in [5.74, 6) is 6.37. The Morgan fingerprint density at radius 3 is 2.95 bits per heavy atom. The molecule has 0 aromatic carbocycles. The molecule has 1 atom stereocenters. The second-order valence-electron chi connectivity index (χ2n) is 4.37. The fourth-order valence-corrected chi connectivity index (χ4v) is 1.83. The van der Waals surface area contributed by atoms with Crippen LogP contribution in [0.25, 0.3) is 0 Å². The monoisotopic (exact) mass is 261 g/mol. The Morgan fingerprint density at radius 2 is 2.32 bits per heavy atom. The summed E-state index contributed by atoms with van der Waals surface area (Å²) in [5.41, 5.74) is 4.53. The van der Waals surface area contributed by atoms with E-state index < -0.39 is 0 Å². The van der Waals surface area contributed by atoms with Crippen molar-refractivity contribution in [1.29, 1.82) is 0 Å². The van der Waals surface area contributed by atoms with Gasteiger partial charge in [0.1, 0.15) is 5.75 Å². The highest BCUT2D eigenvalue weighted by molar-refractivity contribution is 5.30. The van der Waals surface area contributed by atoms with Crippen LogP contribution in [0.2, 0.25) is 0 Å². The zero-order valence-electron chi connectivity index (χ0n) is 11.2. The fraction of sp³-hybridized carbons (Fsp3) is 0.385. The second kappa shape index (κ2) is 6.31. The third kappa shape index (κ3) is 3.30. The van der Waals surface area contributed by atoms with Crippen LogP contribution in [0.15, 0.2) is 31.0 Å². The van der Waals surface area contributed by atoms with E-state index >= 15 is 0 Å². The van der Waals surface area contributed by atoms with Gasteiger partial charge in [-0.05, 0) is 18.1 Å². The van der Waals surface area contributed by atoms with Gasteiger partial charge in [0, 0.05) is 19.4 Å². The van der Waals surface area contributed by atoms with Crippen molar-refractivity contribution in [2.45, 2.75) is 19.4 Å². The van der Waals surface area contributed by atoms with E-state index in [1.807, 2.05) is 23.9 Å². The van der Waals surface area contributed by atoms with Crippen molar-refractivity contribution in [3.05, 3.63) is 42.2 Å². The third-order valence-corrected chi connectivity index (χ3v) is 2.73. The van der Waals surface area contributed by atoms with Crippen LogP contribution >= 0.6 is 0 Å². The number of hydrogen-bond donors (Lipinski definition) is 2. The largest absolute Gasteiger partial charge is 0.492 e. The maximum Gasteiger partial charge on any atom is 0.137 e. The van der Waals surface area contributed by atoms with Crippen LogP contribution in [-0.4, -0.2) is 21.1 Å². The first kappa shape index (κ1) is 13.5. The van der Waals surface area contributed by atoms with Gasteiger partial charge in [-0.3, -0.25) is 10.8 Å². The molecule has 0 fully saturated rings. The van der Waals surface area contributed by atoms with Crippen molar-refractivity contribution in [1.82, 2.24) is 20.0 Å². The van der Waals surface area contributed by atoms with Gasteiger partial charge in [-0.1, -0.05) is 6.92 Å². The molecule has 0 saturated carbocycles. The van der Waals surface area contributed by atoms with Gasteiger partial charge in [0.2, 0.25) is 0 Å². The van der Waals surface area contributed by atoms with Crippen molar-refractivity contribution in [2.75, 3.05) is 6.61 Å². The summed E-state index contributed by atoms with van der Waals surface area (Å²) >= 11 is 0. The summed E-state index contributed by atoms with van der Waals surface area (Å²) < 4.78 is 7.45. The standard InChI is InChI=1S/C13H19N5O/c1-3-4-19-11-5-10(6-15-7-11)13(17-14)12-8-18(2)9-16-12/h5-9,13,17H,3-4,14H2,1-2H3. The highest BCUT2D eigenvalue weighted by atomic mass is 16.5. The maximum absolute atomic E-state index is 5.63. The molecule has 2 heterocycles. The Balaban J connectivity index is 2.23. The van der Waals surface area contributed by atoms with Crippen LogP contribution in [0.4, 0.5) is 0 Å². The molecule has 0 aliphatic carbocycles. The van der Waals surface area contributed by atoms with Gasteiger partial charge >= 0.3 is 0 Å². The number of ether oxygens (including phenoxy) is 1. The second-order valence-corrected chi connectivity index (χ2v) is 4.37. The highest BCUT2D eigenvalue weighted by Crippen LogP contribution is 2.22. The molecule has 2 aromatic heterocycles. The number of imidazole rings is 1. The van der Waals surface area contributed by atoms with Crippen molar-refractivity contribution in [2.24, 2.45) is 12.9 Å². The van der Waals surface area contributed by atoms with E-state index in [1.54, 1.807) is 18.7 Å². The number of nitrogens with zero attached hydrogens (tertiary/aromatic N) is 3. The van der Waals surface area contributed by atoms with Crippen LogP contribution in [0.1, 0.15) is 30.6 Å². The van der Waals surface area contributed by atoms with Crippen molar-refractivity contribution >= 4 is 0 Å². The summed E-state index contributed by atoms with van der Waals surface area (Å²) in [4.78, 5) is 8.49. The number of pyridine rings is 1. The number of aromatic nitrogens is 3. The molecule has 102 valence electrons. The first-order chi connectivity index (χ1) is 9.24. The topological polar surface area (TPSA) is 78.0 Å². The van der Waals surface area contributed by atoms with Crippen LogP contribution in [-0.2, 0) is 7.05 Å². The average Bonchev–Trinajstić information content (AvgIpc) is 2.84. The molecule has 6 heteroatoms. The van der Waals surface area contributed by atoms with Gasteiger partial charge in [0.25, 0.3) is 0 Å². The highest BCUT2D eigenvalue weighted by Gasteiger charge is 2.16. The predicted molar refractivity (Wildman–Crippen MR) is 72.4 cm³/mol. The van der Waals surface area contributed by atoms with Gasteiger partial charge in [-0.15, -0.1) is 0 Å². The Labute approximate surface area is 112 Å². The lowest BCUT2D eigenvalue weighted by atomic mass is 10.1. The van der Waals surface area contributed by atoms with E-state index in [0.29, 0.717) is 6.61 Å². The van der Waals surface area contributed by atoms with Gasteiger partial charge in [0.15, 0.2) is 0 Å². The number of nitrogens with one attached hydrogen (secondary N) is 1. The molecule has 19 heavy (non-hydrogen) atoms. The number of hydrogen-bond acceptors (Lipinski definition) is 5. The molecule has 0 amide bonds. The Hall–Kier alpha value is -1.92. The van der Waals surface area contributed by atoms with Gasteiger partial charge in [0.05, 0.1) is 30.9 Å². The molecule has 0 aliphatic heterocycles. The SMILES string of the molecule is CCCOc1cncc(C(NN)c2cn(C)cn2)c1. The van der Waals surface area contributed by atoms with E-state index in [9.17, 15) is 0 Å². The zero-order chi connectivity index (χ0) is 13.7. The Morgan fingerprint density at radius 1 is 1.47 bits per heavy atom. The van der Waals surface area contributed by atoms with E-state index in [4.69, 9.17) is 10.6 Å². The lowest BCUT2D eigenvalue weighted by Gasteiger charge is -2.14. The molecule has 6 nitrogen and oxygen atoms in total. The lowest BCUT2D eigenvalue weighted by molar-refractivity contribution is 0.315. The molecule has 0 aliphatic rings. The predicted octanol–water partition coefficient (Wildman–Crippen LogP) is 1.16. The first-order valence-corrected chi connectivity index (χ1v) is 6.26. The molecule has 0 radical (unpaired) electrons. The van der Waals surface area contributed by atoms with Crippen LogP contribution in [0.5, 0.6) is 5.75 Å². The number of rotatable bonds is 6. The van der Waals surface area contributed by atoms with Crippen molar-refractivity contribution < 1.29 is 4.74 Å². The first-order valence-electron chi connectivity index (χ1n) is 6.26. The summed E-state index contributed by atoms with van der Waals surface area (Å²) in [7, 11) is 1.92. The average molecular weight is 261 g/mol. The normalized spacial score (nSPS) is 12.4. The molecule has 0 spiro atoms. The lowest BCUT2D eigenvalue weighted by Crippen LogP contribution is -2.29. The summed E-state index contributed by atoms with van der Waals surface area (Å²) in [6, 6.07) is 1.74. The van der Waals surface area contributed by atoms with Gasteiger partial charge in [-0.25, -0.2) is 10.4 Å². The minimum atomic E-state index is -0.195. The van der Waals surface area contributed by atoms with E-state index in [1.165, 1.54) is 0 Å². The molecule has 2 rings (SSSR count). The Kier molecular flexibility index (Phi) is 4.48. The molecule has 1 unspecified atom stereocenters. The van der Waals surface area contributed by atoms with Crippen LogP contribution in [0, 0.1) is 0 Å². The smallest absolute Gasteiger partial charge is 0.137 e. The summed E-state index contributed by atoms with van der Waals surface area (Å²) in [6.45, 7) is 2.74. The fourth-order valence-electron chi connectivity index (χ4n) is 1.83. The van der Waals surface area contributed by atoms with Gasteiger partial charge < -0.3 is 9.30 Å². The van der Waals surface area contributed by atoms with Gasteiger partial charge in [-0.2, -0.15) is 0 Å². The third-order valence-electron chi connectivity index (χ3n) is 2.73. The number of aryl methyl sites for hydroxylation is 1. The van der Waals surface area contributed by atoms with Crippen molar-refractivity contribution in [3.63, 3.8) is 0 Å². The maximum atomic E-state index is 5.63. The summed E-state index contributed by atoms with van der Waals surface area (Å²) in [6.07, 6.45) is 8.08. The number of nitrogens with two attached hydrogens (primary N) is 1. The molecular formula is C13H19N5O.